The zero-order valence-corrected chi connectivity index (χ0v) is 15.6. The molecule has 0 amide bonds. The Kier molecular flexibility index (Phi) is 5.16. The van der Waals surface area contributed by atoms with Crippen molar-refractivity contribution in [3.05, 3.63) is 82.8 Å². The number of benzene rings is 1. The Labute approximate surface area is 162 Å². The molecule has 4 aromatic rings. The van der Waals surface area contributed by atoms with Crippen LogP contribution in [0.2, 0.25) is 0 Å². The molecule has 0 unspecified atom stereocenters. The number of H-pyrrole nitrogens is 2. The lowest BCUT2D eigenvalue weighted by atomic mass is 10.1. The number of nitrogens with one attached hydrogen (secondary N) is 2. The number of hydrogen-bond donors (Lipinski definition) is 2. The van der Waals surface area contributed by atoms with E-state index in [9.17, 15) is 4.79 Å². The molecule has 7 nitrogen and oxygen atoms in total. The zero-order valence-electron chi connectivity index (χ0n) is 15.6. The number of aromatic amines is 2. The molecule has 0 atom stereocenters. The van der Waals surface area contributed by atoms with E-state index in [-0.39, 0.29) is 5.56 Å². The maximum absolute atomic E-state index is 12.0. The molecule has 0 aliphatic rings. The fraction of sp³-hybridized carbons (Fsp3) is 0.190. The molecule has 7 heteroatoms. The lowest BCUT2D eigenvalue weighted by Crippen LogP contribution is -2.20. The molecule has 2 N–H and O–H groups in total. The molecule has 28 heavy (non-hydrogen) atoms. The second-order valence-corrected chi connectivity index (χ2v) is 6.78. The average molecular weight is 375 g/mol. The van der Waals surface area contributed by atoms with Crippen LogP contribution in [0, 0.1) is 0 Å². The van der Waals surface area contributed by atoms with E-state index >= 15 is 0 Å². The van der Waals surface area contributed by atoms with E-state index < -0.39 is 0 Å². The van der Waals surface area contributed by atoms with Gasteiger partial charge < -0.3 is 14.3 Å². The number of aromatic nitrogens is 4. The highest BCUT2D eigenvalue weighted by atomic mass is 16.3. The summed E-state index contributed by atoms with van der Waals surface area (Å²) >= 11 is 0. The lowest BCUT2D eigenvalue weighted by molar-refractivity contribution is 0.331. The standard InChI is InChI=1S/C21H21N5O2/c1-26(8-6-16-11-22-23-12-16)13-15-2-4-17(5-3-15)21-24-19(10-20(27)25-21)18-7-9-28-14-18/h2-5,7,9-12,14H,6,8,13H2,1H3,(H,22,23)(H,24,25,27). The molecule has 0 radical (unpaired) electrons. The number of nitrogens with zero attached hydrogens (tertiary/aromatic N) is 3. The van der Waals surface area contributed by atoms with E-state index in [0.29, 0.717) is 11.5 Å². The Hall–Kier alpha value is -3.45. The fourth-order valence-corrected chi connectivity index (χ4v) is 3.05. The van der Waals surface area contributed by atoms with Crippen LogP contribution in [0.25, 0.3) is 22.6 Å². The van der Waals surface area contributed by atoms with Gasteiger partial charge in [0.1, 0.15) is 5.82 Å². The Balaban J connectivity index is 1.45. The number of hydrogen-bond acceptors (Lipinski definition) is 5. The topological polar surface area (TPSA) is 90.8 Å². The first-order chi connectivity index (χ1) is 13.7. The van der Waals surface area contributed by atoms with E-state index in [0.717, 1.165) is 30.6 Å². The van der Waals surface area contributed by atoms with Crippen molar-refractivity contribution in [2.24, 2.45) is 0 Å². The summed E-state index contributed by atoms with van der Waals surface area (Å²) in [6.45, 7) is 1.79. The minimum Gasteiger partial charge on any atom is -0.472 e. The van der Waals surface area contributed by atoms with Crippen molar-refractivity contribution in [3.63, 3.8) is 0 Å². The SMILES string of the molecule is CN(CCc1cn[nH]c1)Cc1ccc(-c2nc(-c3ccoc3)cc(=O)[nH]2)cc1. The van der Waals surface area contributed by atoms with Crippen LogP contribution < -0.4 is 5.56 Å². The third-order valence-corrected chi connectivity index (χ3v) is 4.58. The van der Waals surface area contributed by atoms with Crippen molar-refractivity contribution in [2.45, 2.75) is 13.0 Å². The van der Waals surface area contributed by atoms with E-state index in [1.807, 2.05) is 24.5 Å². The van der Waals surface area contributed by atoms with Crippen LogP contribution in [0.4, 0.5) is 0 Å². The van der Waals surface area contributed by atoms with Crippen molar-refractivity contribution < 1.29 is 4.42 Å². The molecular weight excluding hydrogens is 354 g/mol. The van der Waals surface area contributed by atoms with Gasteiger partial charge in [-0.3, -0.25) is 9.89 Å². The second kappa shape index (κ2) is 8.06. The molecule has 0 saturated heterocycles. The number of likely N-dealkylation sites (N-methyl/N-ethyl adjacent to an activating group) is 1. The van der Waals surface area contributed by atoms with Crippen molar-refractivity contribution in [1.82, 2.24) is 25.1 Å². The van der Waals surface area contributed by atoms with Gasteiger partial charge in [-0.2, -0.15) is 5.10 Å². The van der Waals surface area contributed by atoms with Crippen LogP contribution in [-0.2, 0) is 13.0 Å². The molecular formula is C21H21N5O2. The second-order valence-electron chi connectivity index (χ2n) is 6.78. The van der Waals surface area contributed by atoms with Gasteiger partial charge in [0.25, 0.3) is 5.56 Å². The third-order valence-electron chi connectivity index (χ3n) is 4.58. The predicted octanol–water partition coefficient (Wildman–Crippen LogP) is 3.09. The van der Waals surface area contributed by atoms with Crippen LogP contribution in [0.1, 0.15) is 11.1 Å². The fourth-order valence-electron chi connectivity index (χ4n) is 3.05. The highest BCUT2D eigenvalue weighted by molar-refractivity contribution is 5.62. The molecule has 0 fully saturated rings. The summed E-state index contributed by atoms with van der Waals surface area (Å²) in [6.07, 6.45) is 7.88. The van der Waals surface area contributed by atoms with Gasteiger partial charge in [0.05, 0.1) is 24.4 Å². The molecule has 3 heterocycles. The Morgan fingerprint density at radius 3 is 2.68 bits per heavy atom. The molecule has 0 aliphatic carbocycles. The van der Waals surface area contributed by atoms with Gasteiger partial charge in [0.15, 0.2) is 0 Å². The van der Waals surface area contributed by atoms with Gasteiger partial charge in [-0.05, 0) is 30.7 Å². The van der Waals surface area contributed by atoms with Gasteiger partial charge in [-0.25, -0.2) is 4.98 Å². The summed E-state index contributed by atoms with van der Waals surface area (Å²) in [6, 6.07) is 11.3. The maximum atomic E-state index is 12.0. The van der Waals surface area contributed by atoms with Gasteiger partial charge in [-0.15, -0.1) is 0 Å². The smallest absolute Gasteiger partial charge is 0.251 e. The summed E-state index contributed by atoms with van der Waals surface area (Å²) in [7, 11) is 2.10. The first-order valence-corrected chi connectivity index (χ1v) is 9.07. The maximum Gasteiger partial charge on any atom is 0.251 e. The highest BCUT2D eigenvalue weighted by Gasteiger charge is 2.08. The van der Waals surface area contributed by atoms with E-state index in [4.69, 9.17) is 4.42 Å². The summed E-state index contributed by atoms with van der Waals surface area (Å²) in [5, 5.41) is 6.81. The van der Waals surface area contributed by atoms with Crippen LogP contribution in [0.15, 0.2) is 70.5 Å². The minimum absolute atomic E-state index is 0.191. The highest BCUT2D eigenvalue weighted by Crippen LogP contribution is 2.20. The molecule has 0 saturated carbocycles. The molecule has 0 aliphatic heterocycles. The van der Waals surface area contributed by atoms with Crippen molar-refractivity contribution in [1.29, 1.82) is 0 Å². The number of rotatable bonds is 7. The first-order valence-electron chi connectivity index (χ1n) is 9.07. The van der Waals surface area contributed by atoms with Crippen LogP contribution in [-0.4, -0.2) is 38.7 Å². The molecule has 0 bridgehead atoms. The molecule has 3 aromatic heterocycles. The summed E-state index contributed by atoms with van der Waals surface area (Å²) in [4.78, 5) is 21.7. The van der Waals surface area contributed by atoms with Gasteiger partial charge in [0.2, 0.25) is 0 Å². The van der Waals surface area contributed by atoms with E-state index in [1.165, 1.54) is 17.2 Å². The van der Waals surface area contributed by atoms with Gasteiger partial charge in [-0.1, -0.05) is 24.3 Å². The monoisotopic (exact) mass is 375 g/mol. The van der Waals surface area contributed by atoms with Crippen LogP contribution in [0.3, 0.4) is 0 Å². The van der Waals surface area contributed by atoms with Gasteiger partial charge >= 0.3 is 0 Å². The minimum atomic E-state index is -0.191. The normalized spacial score (nSPS) is 11.2. The van der Waals surface area contributed by atoms with Crippen molar-refractivity contribution in [2.75, 3.05) is 13.6 Å². The summed E-state index contributed by atoms with van der Waals surface area (Å²) in [5.74, 6) is 0.545. The third kappa shape index (κ3) is 4.27. The molecule has 4 rings (SSSR count). The van der Waals surface area contributed by atoms with Crippen LogP contribution in [0.5, 0.6) is 0 Å². The molecule has 1 aromatic carbocycles. The summed E-state index contributed by atoms with van der Waals surface area (Å²) in [5.41, 5.74) is 4.46. The van der Waals surface area contributed by atoms with Crippen molar-refractivity contribution >= 4 is 0 Å². The van der Waals surface area contributed by atoms with Crippen LogP contribution >= 0.6 is 0 Å². The molecule has 0 spiro atoms. The Morgan fingerprint density at radius 1 is 1.11 bits per heavy atom. The summed E-state index contributed by atoms with van der Waals surface area (Å²) < 4.78 is 5.09. The zero-order chi connectivity index (χ0) is 19.3. The van der Waals surface area contributed by atoms with Gasteiger partial charge in [0, 0.05) is 36.5 Å². The number of furan rings is 1. The van der Waals surface area contributed by atoms with Crippen molar-refractivity contribution in [3.8, 4) is 22.6 Å². The van der Waals surface area contributed by atoms with E-state index in [1.54, 1.807) is 18.6 Å². The average Bonchev–Trinajstić information content (AvgIpc) is 3.40. The predicted molar refractivity (Wildman–Crippen MR) is 107 cm³/mol. The molecule has 142 valence electrons. The Bertz CT molecular complexity index is 1070. The largest absolute Gasteiger partial charge is 0.472 e. The van der Waals surface area contributed by atoms with E-state index in [2.05, 4.69) is 44.2 Å². The Morgan fingerprint density at radius 2 is 1.96 bits per heavy atom. The lowest BCUT2D eigenvalue weighted by Gasteiger charge is -2.16. The quantitative estimate of drug-likeness (QED) is 0.518. The first kappa shape index (κ1) is 17.9.